The van der Waals surface area contributed by atoms with Gasteiger partial charge in [0.05, 0.1) is 12.8 Å². The van der Waals surface area contributed by atoms with Crippen LogP contribution in [0.2, 0.25) is 0 Å². The Morgan fingerprint density at radius 1 is 1.59 bits per heavy atom. The lowest BCUT2D eigenvalue weighted by Crippen LogP contribution is -2.53. The van der Waals surface area contributed by atoms with E-state index in [1.807, 2.05) is 4.90 Å². The fourth-order valence-electron chi connectivity index (χ4n) is 1.74. The molecule has 0 aliphatic carbocycles. The second kappa shape index (κ2) is 4.29. The smallest absolute Gasteiger partial charge is 0.328 e. The molecule has 5 heteroatoms. The van der Waals surface area contributed by atoms with E-state index in [-0.39, 0.29) is 17.4 Å². The lowest BCUT2D eigenvalue weighted by molar-refractivity contribution is -0.143. The predicted octanol–water partition coefficient (Wildman–Crippen LogP) is 2.19. The van der Waals surface area contributed by atoms with Crippen LogP contribution in [0, 0.1) is 0 Å². The Balaban J connectivity index is 2.14. The number of esters is 1. The summed E-state index contributed by atoms with van der Waals surface area (Å²) in [4.78, 5) is 18.1. The number of anilines is 1. The highest BCUT2D eigenvalue weighted by atomic mass is 32.1. The summed E-state index contributed by atoms with van der Waals surface area (Å²) in [5, 5.41) is 3.00. The summed E-state index contributed by atoms with van der Waals surface area (Å²) in [7, 11) is 1.43. The molecule has 0 N–H and O–H groups in total. The molecule has 1 aromatic heterocycles. The minimum absolute atomic E-state index is 0.0559. The first-order valence-electron chi connectivity index (χ1n) is 5.74. The summed E-state index contributed by atoms with van der Waals surface area (Å²) in [5.74, 6) is -0.163. The van der Waals surface area contributed by atoms with E-state index in [9.17, 15) is 4.79 Å². The first kappa shape index (κ1) is 12.4. The molecule has 1 atom stereocenters. The van der Waals surface area contributed by atoms with Gasteiger partial charge in [-0.2, -0.15) is 0 Å². The summed E-state index contributed by atoms with van der Waals surface area (Å²) in [6.45, 7) is 7.30. The number of methoxy groups -OCH3 is 1. The first-order valence-corrected chi connectivity index (χ1v) is 6.62. The molecular weight excluding hydrogens is 236 g/mol. The van der Waals surface area contributed by atoms with Gasteiger partial charge in [-0.25, -0.2) is 9.78 Å². The molecule has 0 spiro atoms. The molecule has 2 rings (SSSR count). The molecule has 0 amide bonds. The standard InChI is InChI=1S/C12H18N2O2S/c1-12(2,3)9-7-17-11(13-9)14-6-5-8(14)10(15)16-4/h7-8H,5-6H2,1-4H3. The average molecular weight is 254 g/mol. The number of thiazole rings is 1. The van der Waals surface area contributed by atoms with Crippen molar-refractivity contribution in [3.8, 4) is 0 Å². The minimum Gasteiger partial charge on any atom is -0.467 e. The van der Waals surface area contributed by atoms with E-state index in [0.717, 1.165) is 23.8 Å². The quantitative estimate of drug-likeness (QED) is 0.759. The highest BCUT2D eigenvalue weighted by molar-refractivity contribution is 7.13. The Kier molecular flexibility index (Phi) is 3.12. The van der Waals surface area contributed by atoms with E-state index in [1.165, 1.54) is 7.11 Å². The van der Waals surface area contributed by atoms with Gasteiger partial charge in [-0.15, -0.1) is 11.3 Å². The van der Waals surface area contributed by atoms with E-state index in [0.29, 0.717) is 0 Å². The highest BCUT2D eigenvalue weighted by Gasteiger charge is 2.37. The number of aromatic nitrogens is 1. The lowest BCUT2D eigenvalue weighted by atomic mass is 9.93. The molecule has 94 valence electrons. The van der Waals surface area contributed by atoms with Crippen LogP contribution in [0.4, 0.5) is 5.13 Å². The predicted molar refractivity (Wildman–Crippen MR) is 68.6 cm³/mol. The third kappa shape index (κ3) is 2.29. The third-order valence-electron chi connectivity index (χ3n) is 3.00. The Labute approximate surface area is 106 Å². The molecular formula is C12H18N2O2S. The molecule has 0 aromatic carbocycles. The molecule has 17 heavy (non-hydrogen) atoms. The van der Waals surface area contributed by atoms with Gasteiger partial charge < -0.3 is 9.64 Å². The molecule has 0 saturated carbocycles. The van der Waals surface area contributed by atoms with Crippen LogP contribution in [-0.2, 0) is 14.9 Å². The van der Waals surface area contributed by atoms with Crippen molar-refractivity contribution < 1.29 is 9.53 Å². The van der Waals surface area contributed by atoms with E-state index in [4.69, 9.17) is 4.74 Å². The molecule has 1 unspecified atom stereocenters. The van der Waals surface area contributed by atoms with E-state index in [1.54, 1.807) is 11.3 Å². The summed E-state index contributed by atoms with van der Waals surface area (Å²) in [5.41, 5.74) is 1.13. The number of carbonyl (C=O) groups excluding carboxylic acids is 1. The van der Waals surface area contributed by atoms with Crippen molar-refractivity contribution in [3.05, 3.63) is 11.1 Å². The van der Waals surface area contributed by atoms with Crippen molar-refractivity contribution in [1.29, 1.82) is 0 Å². The van der Waals surface area contributed by atoms with Crippen LogP contribution in [0.1, 0.15) is 32.9 Å². The molecule has 1 aromatic rings. The molecule has 0 radical (unpaired) electrons. The van der Waals surface area contributed by atoms with Crippen LogP contribution in [0.5, 0.6) is 0 Å². The maximum absolute atomic E-state index is 11.5. The molecule has 1 aliphatic rings. The Hall–Kier alpha value is -1.10. The van der Waals surface area contributed by atoms with Crippen LogP contribution in [-0.4, -0.2) is 30.6 Å². The van der Waals surface area contributed by atoms with Crippen molar-refractivity contribution in [2.45, 2.75) is 38.6 Å². The second-order valence-electron chi connectivity index (χ2n) is 5.29. The second-order valence-corrected chi connectivity index (χ2v) is 6.12. The lowest BCUT2D eigenvalue weighted by Gasteiger charge is -2.38. The molecule has 1 aliphatic heterocycles. The Bertz CT molecular complexity index is 422. The van der Waals surface area contributed by atoms with E-state index >= 15 is 0 Å². The van der Waals surface area contributed by atoms with Gasteiger partial charge in [0.1, 0.15) is 6.04 Å². The van der Waals surface area contributed by atoms with Crippen molar-refractivity contribution in [1.82, 2.24) is 4.98 Å². The van der Waals surface area contributed by atoms with Crippen molar-refractivity contribution in [3.63, 3.8) is 0 Å². The molecule has 4 nitrogen and oxygen atoms in total. The summed E-state index contributed by atoms with van der Waals surface area (Å²) < 4.78 is 4.78. The summed E-state index contributed by atoms with van der Waals surface area (Å²) in [6, 6.07) is -0.140. The molecule has 0 bridgehead atoms. The molecule has 1 saturated heterocycles. The van der Waals surface area contributed by atoms with Gasteiger partial charge in [-0.3, -0.25) is 0 Å². The van der Waals surface area contributed by atoms with Gasteiger partial charge in [0, 0.05) is 17.3 Å². The third-order valence-corrected chi connectivity index (χ3v) is 3.88. The number of hydrogen-bond acceptors (Lipinski definition) is 5. The summed E-state index contributed by atoms with van der Waals surface area (Å²) >= 11 is 1.60. The van der Waals surface area contributed by atoms with E-state index < -0.39 is 0 Å². The van der Waals surface area contributed by atoms with Gasteiger partial charge in [0.25, 0.3) is 0 Å². The largest absolute Gasteiger partial charge is 0.467 e. The van der Waals surface area contributed by atoms with Gasteiger partial charge in [-0.05, 0) is 6.42 Å². The Morgan fingerprint density at radius 2 is 2.29 bits per heavy atom. The van der Waals surface area contributed by atoms with Gasteiger partial charge in [-0.1, -0.05) is 20.8 Å². The Morgan fingerprint density at radius 3 is 2.71 bits per heavy atom. The first-order chi connectivity index (χ1) is 7.93. The van der Waals surface area contributed by atoms with Gasteiger partial charge in [0.15, 0.2) is 5.13 Å². The average Bonchev–Trinajstić information content (AvgIpc) is 2.64. The maximum Gasteiger partial charge on any atom is 0.328 e. The number of carbonyl (C=O) groups is 1. The molecule has 2 heterocycles. The monoisotopic (exact) mass is 254 g/mol. The van der Waals surface area contributed by atoms with Gasteiger partial charge in [0.2, 0.25) is 0 Å². The SMILES string of the molecule is COC(=O)C1CCN1c1nc(C(C)(C)C)cs1. The highest BCUT2D eigenvalue weighted by Crippen LogP contribution is 2.33. The number of nitrogens with zero attached hydrogens (tertiary/aromatic N) is 2. The van der Waals surface area contributed by atoms with Crippen LogP contribution in [0.25, 0.3) is 0 Å². The van der Waals surface area contributed by atoms with Crippen molar-refractivity contribution in [2.24, 2.45) is 0 Å². The van der Waals surface area contributed by atoms with Crippen molar-refractivity contribution >= 4 is 22.4 Å². The zero-order valence-corrected chi connectivity index (χ0v) is 11.5. The molecule has 1 fully saturated rings. The van der Waals surface area contributed by atoms with Gasteiger partial charge >= 0.3 is 5.97 Å². The van der Waals surface area contributed by atoms with Crippen LogP contribution < -0.4 is 4.90 Å². The normalized spacial score (nSPS) is 20.0. The summed E-state index contributed by atoms with van der Waals surface area (Å²) in [6.07, 6.45) is 0.858. The number of rotatable bonds is 2. The topological polar surface area (TPSA) is 42.4 Å². The minimum atomic E-state index is -0.163. The number of ether oxygens (including phenoxy) is 1. The fourth-order valence-corrected chi connectivity index (χ4v) is 2.87. The zero-order valence-electron chi connectivity index (χ0n) is 10.7. The maximum atomic E-state index is 11.5. The van der Waals surface area contributed by atoms with Crippen LogP contribution >= 0.6 is 11.3 Å². The van der Waals surface area contributed by atoms with Crippen molar-refractivity contribution in [2.75, 3.05) is 18.6 Å². The van der Waals surface area contributed by atoms with Crippen LogP contribution in [0.15, 0.2) is 5.38 Å². The van der Waals surface area contributed by atoms with E-state index in [2.05, 4.69) is 31.1 Å². The zero-order chi connectivity index (χ0) is 12.6. The fraction of sp³-hybridized carbons (Fsp3) is 0.667. The number of hydrogen-bond donors (Lipinski definition) is 0. The van der Waals surface area contributed by atoms with Crippen LogP contribution in [0.3, 0.4) is 0 Å².